The lowest BCUT2D eigenvalue weighted by molar-refractivity contribution is 0.197. The van der Waals surface area contributed by atoms with E-state index in [1.54, 1.807) is 7.11 Å². The minimum Gasteiger partial charge on any atom is -0.383 e. The van der Waals surface area contributed by atoms with Crippen LogP contribution in [0.25, 0.3) is 0 Å². The van der Waals surface area contributed by atoms with Gasteiger partial charge in [0.2, 0.25) is 0 Å². The van der Waals surface area contributed by atoms with Crippen LogP contribution in [0.3, 0.4) is 0 Å². The molecular formula is C12H27NO. The molecule has 0 amide bonds. The van der Waals surface area contributed by atoms with Crippen molar-refractivity contribution in [1.82, 2.24) is 5.32 Å². The van der Waals surface area contributed by atoms with Gasteiger partial charge in [-0.3, -0.25) is 0 Å². The maximum Gasteiger partial charge on any atom is 0.0587 e. The third-order valence-corrected chi connectivity index (χ3v) is 2.45. The Morgan fingerprint density at radius 1 is 1.14 bits per heavy atom. The largest absolute Gasteiger partial charge is 0.383 e. The lowest BCUT2D eigenvalue weighted by Crippen LogP contribution is -2.24. The van der Waals surface area contributed by atoms with Crippen LogP contribution in [0.5, 0.6) is 0 Å². The van der Waals surface area contributed by atoms with Crippen LogP contribution in [0, 0.1) is 11.8 Å². The van der Waals surface area contributed by atoms with E-state index >= 15 is 0 Å². The fourth-order valence-corrected chi connectivity index (χ4v) is 1.50. The van der Waals surface area contributed by atoms with Gasteiger partial charge in [-0.15, -0.1) is 0 Å². The summed E-state index contributed by atoms with van der Waals surface area (Å²) in [6.07, 6.45) is 4.07. The van der Waals surface area contributed by atoms with Crippen LogP contribution in [-0.2, 0) is 4.74 Å². The first-order chi connectivity index (χ1) is 6.66. The average molecular weight is 201 g/mol. The zero-order chi connectivity index (χ0) is 10.8. The van der Waals surface area contributed by atoms with Crippen LogP contribution >= 0.6 is 0 Å². The van der Waals surface area contributed by atoms with Crippen LogP contribution in [0.15, 0.2) is 0 Å². The van der Waals surface area contributed by atoms with Crippen LogP contribution in [0.4, 0.5) is 0 Å². The van der Waals surface area contributed by atoms with Crippen LogP contribution < -0.4 is 5.32 Å². The Balaban J connectivity index is 3.15. The third-order valence-electron chi connectivity index (χ3n) is 2.45. The van der Waals surface area contributed by atoms with E-state index in [1.165, 1.54) is 19.3 Å². The van der Waals surface area contributed by atoms with E-state index in [2.05, 4.69) is 26.1 Å². The fraction of sp³-hybridized carbons (Fsp3) is 1.00. The molecular weight excluding hydrogens is 174 g/mol. The summed E-state index contributed by atoms with van der Waals surface area (Å²) in [5.74, 6) is 1.65. The molecule has 0 spiro atoms. The van der Waals surface area contributed by atoms with Crippen molar-refractivity contribution in [2.75, 3.05) is 26.8 Å². The van der Waals surface area contributed by atoms with Gasteiger partial charge in [-0.05, 0) is 24.8 Å². The van der Waals surface area contributed by atoms with E-state index in [0.29, 0.717) is 0 Å². The Labute approximate surface area is 89.4 Å². The minimum absolute atomic E-state index is 0.797. The highest BCUT2D eigenvalue weighted by atomic mass is 16.5. The van der Waals surface area contributed by atoms with Crippen molar-refractivity contribution in [1.29, 1.82) is 0 Å². The number of hydrogen-bond acceptors (Lipinski definition) is 2. The predicted molar refractivity (Wildman–Crippen MR) is 62.6 cm³/mol. The number of rotatable bonds is 9. The predicted octanol–water partition coefficient (Wildman–Crippen LogP) is 2.68. The molecule has 0 bridgehead atoms. The molecule has 2 heteroatoms. The second kappa shape index (κ2) is 9.47. The maximum absolute atomic E-state index is 4.97. The van der Waals surface area contributed by atoms with Crippen LogP contribution in [0.2, 0.25) is 0 Å². The highest BCUT2D eigenvalue weighted by Crippen LogP contribution is 2.11. The molecule has 1 unspecified atom stereocenters. The summed E-state index contributed by atoms with van der Waals surface area (Å²) in [5, 5.41) is 3.40. The zero-order valence-corrected chi connectivity index (χ0v) is 10.3. The quantitative estimate of drug-likeness (QED) is 0.579. The molecule has 0 radical (unpaired) electrons. The number of ether oxygens (including phenoxy) is 1. The Hall–Kier alpha value is -0.0800. The molecule has 2 nitrogen and oxygen atoms in total. The van der Waals surface area contributed by atoms with E-state index in [0.717, 1.165) is 31.5 Å². The van der Waals surface area contributed by atoms with Crippen molar-refractivity contribution in [2.24, 2.45) is 11.8 Å². The van der Waals surface area contributed by atoms with Crippen molar-refractivity contribution in [3.05, 3.63) is 0 Å². The highest BCUT2D eigenvalue weighted by Gasteiger charge is 2.02. The third kappa shape index (κ3) is 10.0. The van der Waals surface area contributed by atoms with Crippen molar-refractivity contribution >= 4 is 0 Å². The monoisotopic (exact) mass is 201 g/mol. The highest BCUT2D eigenvalue weighted by molar-refractivity contribution is 4.58. The second-order valence-electron chi connectivity index (χ2n) is 4.63. The van der Waals surface area contributed by atoms with E-state index in [-0.39, 0.29) is 0 Å². The van der Waals surface area contributed by atoms with E-state index in [4.69, 9.17) is 4.74 Å². The molecule has 0 rings (SSSR count). The number of hydrogen-bond donors (Lipinski definition) is 1. The van der Waals surface area contributed by atoms with Crippen molar-refractivity contribution in [3.8, 4) is 0 Å². The Morgan fingerprint density at radius 2 is 1.86 bits per heavy atom. The molecule has 0 aromatic carbocycles. The molecule has 14 heavy (non-hydrogen) atoms. The molecule has 0 aromatic rings. The summed E-state index contributed by atoms with van der Waals surface area (Å²) >= 11 is 0. The molecule has 0 aliphatic rings. The van der Waals surface area contributed by atoms with Gasteiger partial charge in [0.1, 0.15) is 0 Å². The molecule has 1 atom stereocenters. The summed E-state index contributed by atoms with van der Waals surface area (Å²) in [6.45, 7) is 9.83. The van der Waals surface area contributed by atoms with Gasteiger partial charge >= 0.3 is 0 Å². The molecule has 0 heterocycles. The van der Waals surface area contributed by atoms with Gasteiger partial charge in [0.15, 0.2) is 0 Å². The second-order valence-corrected chi connectivity index (χ2v) is 4.63. The lowest BCUT2D eigenvalue weighted by atomic mass is 10.00. The van der Waals surface area contributed by atoms with Gasteiger partial charge in [-0.2, -0.15) is 0 Å². The molecule has 0 fully saturated rings. The van der Waals surface area contributed by atoms with Gasteiger partial charge < -0.3 is 10.1 Å². The molecule has 0 saturated heterocycles. The summed E-state index contributed by atoms with van der Waals surface area (Å²) in [4.78, 5) is 0. The molecule has 0 aromatic heterocycles. The molecule has 0 aliphatic heterocycles. The number of methoxy groups -OCH3 is 1. The summed E-state index contributed by atoms with van der Waals surface area (Å²) in [6, 6.07) is 0. The molecule has 1 N–H and O–H groups in total. The Bertz CT molecular complexity index is 115. The van der Waals surface area contributed by atoms with Crippen molar-refractivity contribution < 1.29 is 4.74 Å². The first kappa shape index (κ1) is 13.9. The van der Waals surface area contributed by atoms with Gasteiger partial charge in [0.25, 0.3) is 0 Å². The van der Waals surface area contributed by atoms with Crippen molar-refractivity contribution in [2.45, 2.75) is 40.0 Å². The average Bonchev–Trinajstić information content (AvgIpc) is 2.12. The normalized spacial score (nSPS) is 13.5. The summed E-state index contributed by atoms with van der Waals surface area (Å²) < 4.78 is 4.97. The zero-order valence-electron chi connectivity index (χ0n) is 10.3. The van der Waals surface area contributed by atoms with Crippen LogP contribution in [-0.4, -0.2) is 26.8 Å². The van der Waals surface area contributed by atoms with Crippen LogP contribution in [0.1, 0.15) is 40.0 Å². The Morgan fingerprint density at radius 3 is 2.43 bits per heavy atom. The molecule has 86 valence electrons. The Kier molecular flexibility index (Phi) is 9.42. The first-order valence-electron chi connectivity index (χ1n) is 5.86. The fourth-order valence-electron chi connectivity index (χ4n) is 1.50. The van der Waals surface area contributed by atoms with Gasteiger partial charge in [-0.1, -0.05) is 33.6 Å². The van der Waals surface area contributed by atoms with Gasteiger partial charge in [0, 0.05) is 13.7 Å². The van der Waals surface area contributed by atoms with E-state index in [1.807, 2.05) is 0 Å². The first-order valence-corrected chi connectivity index (χ1v) is 5.86. The van der Waals surface area contributed by atoms with Crippen molar-refractivity contribution in [3.63, 3.8) is 0 Å². The standard InChI is InChI=1S/C12H27NO/c1-11(2)6-5-7-12(3)10-13-8-9-14-4/h11-13H,5-10H2,1-4H3. The lowest BCUT2D eigenvalue weighted by Gasteiger charge is -2.13. The SMILES string of the molecule is COCCNCC(C)CCCC(C)C. The van der Waals surface area contributed by atoms with E-state index < -0.39 is 0 Å². The summed E-state index contributed by atoms with van der Waals surface area (Å²) in [7, 11) is 1.74. The minimum atomic E-state index is 0.797. The van der Waals surface area contributed by atoms with Gasteiger partial charge in [0.05, 0.1) is 6.61 Å². The molecule has 0 saturated carbocycles. The summed E-state index contributed by atoms with van der Waals surface area (Å²) in [5.41, 5.74) is 0. The number of nitrogens with one attached hydrogen (secondary N) is 1. The maximum atomic E-state index is 4.97. The van der Waals surface area contributed by atoms with Gasteiger partial charge in [-0.25, -0.2) is 0 Å². The smallest absolute Gasteiger partial charge is 0.0587 e. The van der Waals surface area contributed by atoms with E-state index in [9.17, 15) is 0 Å². The topological polar surface area (TPSA) is 21.3 Å². The molecule has 0 aliphatic carbocycles.